The lowest BCUT2D eigenvalue weighted by molar-refractivity contribution is 0.142. The van der Waals surface area contributed by atoms with Crippen molar-refractivity contribution in [3.8, 4) is 0 Å². The number of nitrogens with one attached hydrogen (secondary N) is 1. The second kappa shape index (κ2) is 8.77. The Morgan fingerprint density at radius 3 is 2.38 bits per heavy atom. The molecule has 96 valence electrons. The topological polar surface area (TPSA) is 32.3 Å². The van der Waals surface area contributed by atoms with Crippen LogP contribution >= 0.6 is 0 Å². The number of aliphatic hydroxyl groups is 1. The molecular formula is C14H29NO. The lowest BCUT2D eigenvalue weighted by Crippen LogP contribution is -2.34. The van der Waals surface area contributed by atoms with E-state index in [-0.39, 0.29) is 6.10 Å². The number of hydrogen-bond acceptors (Lipinski definition) is 2. The molecule has 0 aliphatic heterocycles. The Morgan fingerprint density at radius 1 is 1.25 bits per heavy atom. The summed E-state index contributed by atoms with van der Waals surface area (Å²) in [4.78, 5) is 0. The summed E-state index contributed by atoms with van der Waals surface area (Å²) in [5, 5.41) is 13.1. The molecule has 2 heteroatoms. The minimum Gasteiger partial charge on any atom is -0.392 e. The molecule has 0 saturated heterocycles. The molecule has 0 aliphatic rings. The summed E-state index contributed by atoms with van der Waals surface area (Å²) in [5.41, 5.74) is 1.38. The van der Waals surface area contributed by atoms with Gasteiger partial charge in [-0.3, -0.25) is 0 Å². The first-order valence-electron chi connectivity index (χ1n) is 6.46. The van der Waals surface area contributed by atoms with E-state index in [0.29, 0.717) is 18.5 Å². The van der Waals surface area contributed by atoms with Crippen molar-refractivity contribution in [2.24, 2.45) is 5.92 Å². The molecule has 0 heterocycles. The summed E-state index contributed by atoms with van der Waals surface area (Å²) in [5.74, 6) is 0.567. The lowest BCUT2D eigenvalue weighted by Gasteiger charge is -2.17. The van der Waals surface area contributed by atoms with E-state index >= 15 is 0 Å². The van der Waals surface area contributed by atoms with Crippen molar-refractivity contribution in [1.82, 2.24) is 5.32 Å². The van der Waals surface area contributed by atoms with Crippen molar-refractivity contribution in [2.75, 3.05) is 6.54 Å². The van der Waals surface area contributed by atoms with Crippen LogP contribution in [0.4, 0.5) is 0 Å². The Balaban J connectivity index is 3.56. The van der Waals surface area contributed by atoms with Gasteiger partial charge in [-0.25, -0.2) is 0 Å². The molecule has 0 aliphatic carbocycles. The zero-order valence-electron chi connectivity index (χ0n) is 11.6. The number of allylic oxidation sites excluding steroid dienone is 2. The normalized spacial score (nSPS) is 14.9. The standard InChI is InChI=1S/C14H29NO/c1-11(2)7-6-8-13(5)15-10-14(16)9-12(3)4/h7,12-16H,6,8-10H2,1-5H3. The molecule has 0 fully saturated rings. The largest absolute Gasteiger partial charge is 0.392 e. The summed E-state index contributed by atoms with van der Waals surface area (Å²) in [6, 6.07) is 0.484. The number of aliphatic hydroxyl groups excluding tert-OH is 1. The van der Waals surface area contributed by atoms with Gasteiger partial charge in [-0.2, -0.15) is 0 Å². The average molecular weight is 227 g/mol. The van der Waals surface area contributed by atoms with E-state index in [1.165, 1.54) is 5.57 Å². The van der Waals surface area contributed by atoms with Crippen molar-refractivity contribution in [1.29, 1.82) is 0 Å². The van der Waals surface area contributed by atoms with Gasteiger partial charge in [0, 0.05) is 12.6 Å². The molecule has 2 nitrogen and oxygen atoms in total. The van der Waals surface area contributed by atoms with Crippen molar-refractivity contribution < 1.29 is 5.11 Å². The molecule has 2 N–H and O–H groups in total. The van der Waals surface area contributed by atoms with E-state index in [4.69, 9.17) is 0 Å². The summed E-state index contributed by atoms with van der Waals surface area (Å²) in [6.07, 6.45) is 5.21. The SMILES string of the molecule is CC(C)=CCCC(C)NCC(O)CC(C)C. The van der Waals surface area contributed by atoms with Crippen LogP contribution in [0.5, 0.6) is 0 Å². The molecule has 0 aromatic rings. The van der Waals surface area contributed by atoms with Gasteiger partial charge < -0.3 is 10.4 Å². The highest BCUT2D eigenvalue weighted by molar-refractivity contribution is 4.93. The van der Waals surface area contributed by atoms with Crippen molar-refractivity contribution in [3.05, 3.63) is 11.6 Å². The van der Waals surface area contributed by atoms with Crippen molar-refractivity contribution in [3.63, 3.8) is 0 Å². The van der Waals surface area contributed by atoms with Gasteiger partial charge in [0.05, 0.1) is 6.10 Å². The molecule has 0 saturated carbocycles. The summed E-state index contributed by atoms with van der Waals surface area (Å²) in [7, 11) is 0. The number of rotatable bonds is 8. The monoisotopic (exact) mass is 227 g/mol. The lowest BCUT2D eigenvalue weighted by atomic mass is 10.1. The Kier molecular flexibility index (Phi) is 8.58. The smallest absolute Gasteiger partial charge is 0.0667 e. The first-order chi connectivity index (χ1) is 7.41. The van der Waals surface area contributed by atoms with Crippen molar-refractivity contribution >= 4 is 0 Å². The second-order valence-electron chi connectivity index (χ2n) is 5.45. The van der Waals surface area contributed by atoms with Crippen LogP contribution in [0, 0.1) is 5.92 Å². The quantitative estimate of drug-likeness (QED) is 0.624. The molecule has 0 amide bonds. The molecule has 0 spiro atoms. The van der Waals surface area contributed by atoms with Gasteiger partial charge in [0.15, 0.2) is 0 Å². The molecule has 2 atom stereocenters. The molecular weight excluding hydrogens is 198 g/mol. The van der Waals surface area contributed by atoms with E-state index in [9.17, 15) is 5.11 Å². The van der Waals surface area contributed by atoms with Crippen LogP contribution < -0.4 is 5.32 Å². The molecule has 0 radical (unpaired) electrons. The van der Waals surface area contributed by atoms with E-state index in [0.717, 1.165) is 19.3 Å². The third-order valence-corrected chi connectivity index (χ3v) is 2.60. The van der Waals surface area contributed by atoms with E-state index in [2.05, 4.69) is 46.0 Å². The predicted molar refractivity (Wildman–Crippen MR) is 71.6 cm³/mol. The van der Waals surface area contributed by atoms with E-state index < -0.39 is 0 Å². The third-order valence-electron chi connectivity index (χ3n) is 2.60. The molecule has 2 unspecified atom stereocenters. The fourth-order valence-corrected chi connectivity index (χ4v) is 1.69. The number of hydrogen-bond donors (Lipinski definition) is 2. The Labute approximate surface area is 101 Å². The van der Waals surface area contributed by atoms with E-state index in [1.54, 1.807) is 0 Å². The minimum atomic E-state index is -0.203. The molecule has 0 aromatic carbocycles. The first-order valence-corrected chi connectivity index (χ1v) is 6.46. The predicted octanol–water partition coefficient (Wildman–Crippen LogP) is 3.12. The van der Waals surface area contributed by atoms with Gasteiger partial charge in [0.2, 0.25) is 0 Å². The Morgan fingerprint density at radius 2 is 1.88 bits per heavy atom. The third kappa shape index (κ3) is 10.2. The van der Waals surface area contributed by atoms with Gasteiger partial charge >= 0.3 is 0 Å². The first kappa shape index (κ1) is 15.7. The molecule has 0 bridgehead atoms. The maximum Gasteiger partial charge on any atom is 0.0667 e. The van der Waals surface area contributed by atoms with Gasteiger partial charge in [-0.1, -0.05) is 25.5 Å². The highest BCUT2D eigenvalue weighted by Gasteiger charge is 2.08. The van der Waals surface area contributed by atoms with Crippen molar-refractivity contribution in [2.45, 2.75) is 66.0 Å². The zero-order chi connectivity index (χ0) is 12.6. The van der Waals surface area contributed by atoms with Crippen LogP contribution in [-0.4, -0.2) is 23.8 Å². The van der Waals surface area contributed by atoms with Gasteiger partial charge in [0.25, 0.3) is 0 Å². The second-order valence-corrected chi connectivity index (χ2v) is 5.45. The van der Waals surface area contributed by atoms with Crippen LogP contribution in [0.2, 0.25) is 0 Å². The summed E-state index contributed by atoms with van der Waals surface area (Å²) < 4.78 is 0. The highest BCUT2D eigenvalue weighted by atomic mass is 16.3. The van der Waals surface area contributed by atoms with Crippen LogP contribution in [0.25, 0.3) is 0 Å². The van der Waals surface area contributed by atoms with Crippen LogP contribution in [-0.2, 0) is 0 Å². The van der Waals surface area contributed by atoms with Crippen LogP contribution in [0.1, 0.15) is 53.9 Å². The molecule has 16 heavy (non-hydrogen) atoms. The average Bonchev–Trinajstić information content (AvgIpc) is 2.13. The fourth-order valence-electron chi connectivity index (χ4n) is 1.69. The van der Waals surface area contributed by atoms with Gasteiger partial charge in [-0.05, 0) is 46.0 Å². The maximum atomic E-state index is 9.71. The highest BCUT2D eigenvalue weighted by Crippen LogP contribution is 2.05. The van der Waals surface area contributed by atoms with Crippen LogP contribution in [0.15, 0.2) is 11.6 Å². The zero-order valence-corrected chi connectivity index (χ0v) is 11.6. The minimum absolute atomic E-state index is 0.203. The van der Waals surface area contributed by atoms with Gasteiger partial charge in [-0.15, -0.1) is 0 Å². The van der Waals surface area contributed by atoms with E-state index in [1.807, 2.05) is 0 Å². The fraction of sp³-hybridized carbons (Fsp3) is 0.857. The Bertz CT molecular complexity index is 195. The molecule has 0 aromatic heterocycles. The Hall–Kier alpha value is -0.340. The maximum absolute atomic E-state index is 9.71. The summed E-state index contributed by atoms with van der Waals surface area (Å²) in [6.45, 7) is 11.4. The van der Waals surface area contributed by atoms with Crippen LogP contribution in [0.3, 0.4) is 0 Å². The molecule has 0 rings (SSSR count). The summed E-state index contributed by atoms with van der Waals surface area (Å²) >= 11 is 0. The van der Waals surface area contributed by atoms with Gasteiger partial charge in [0.1, 0.15) is 0 Å².